The van der Waals surface area contributed by atoms with Gasteiger partial charge in [0.2, 0.25) is 5.91 Å². The van der Waals surface area contributed by atoms with Crippen LogP contribution in [0.1, 0.15) is 32.8 Å². The molecule has 1 aromatic rings. The third kappa shape index (κ3) is 2.83. The number of amides is 1. The van der Waals surface area contributed by atoms with Crippen molar-refractivity contribution in [2.45, 2.75) is 33.7 Å². The molecule has 1 aromatic heterocycles. The lowest BCUT2D eigenvalue weighted by atomic mass is 9.80. The number of carbonyl (C=O) groups excluding carboxylic acids is 1. The van der Waals surface area contributed by atoms with Crippen LogP contribution in [0, 0.1) is 11.3 Å². The van der Waals surface area contributed by atoms with Crippen molar-refractivity contribution in [1.82, 2.24) is 9.88 Å². The molecule has 0 aliphatic carbocycles. The molecule has 1 aliphatic rings. The third-order valence-corrected chi connectivity index (χ3v) is 3.98. The molecule has 0 radical (unpaired) electrons. The van der Waals surface area contributed by atoms with E-state index in [1.165, 1.54) is 0 Å². The van der Waals surface area contributed by atoms with Crippen molar-refractivity contribution in [1.29, 1.82) is 0 Å². The summed E-state index contributed by atoms with van der Waals surface area (Å²) in [6.07, 6.45) is 2.30. The largest absolute Gasteiger partial charge is 0.338 e. The number of halogens is 1. The summed E-state index contributed by atoms with van der Waals surface area (Å²) in [6, 6.07) is 3.77. The fourth-order valence-electron chi connectivity index (χ4n) is 2.25. The van der Waals surface area contributed by atoms with Gasteiger partial charge < -0.3 is 4.90 Å². The second-order valence-corrected chi connectivity index (χ2v) is 6.35. The lowest BCUT2D eigenvalue weighted by molar-refractivity contribution is -0.128. The van der Waals surface area contributed by atoms with Crippen molar-refractivity contribution in [2.75, 3.05) is 6.54 Å². The zero-order valence-electron chi connectivity index (χ0n) is 11.1. The molecule has 1 saturated heterocycles. The van der Waals surface area contributed by atoms with Gasteiger partial charge >= 0.3 is 0 Å². The lowest BCUT2D eigenvalue weighted by Gasteiger charge is -2.26. The standard InChI is InChI=1S/C14H19ClN2O/c1-14(2,3)11-7-12(18)17(9-11)8-10-5-4-6-16-13(10)15/h4-6,11H,7-9H2,1-3H3. The van der Waals surface area contributed by atoms with Crippen molar-refractivity contribution in [3.63, 3.8) is 0 Å². The van der Waals surface area contributed by atoms with Crippen LogP contribution in [0.4, 0.5) is 0 Å². The maximum Gasteiger partial charge on any atom is 0.223 e. The van der Waals surface area contributed by atoms with Crippen LogP contribution in [-0.2, 0) is 11.3 Å². The first-order chi connectivity index (χ1) is 8.38. The van der Waals surface area contributed by atoms with Crippen molar-refractivity contribution in [3.8, 4) is 0 Å². The summed E-state index contributed by atoms with van der Waals surface area (Å²) in [4.78, 5) is 17.9. The molecule has 98 valence electrons. The molecule has 1 atom stereocenters. The summed E-state index contributed by atoms with van der Waals surface area (Å²) in [6.45, 7) is 7.94. The minimum absolute atomic E-state index is 0.170. The van der Waals surface area contributed by atoms with Gasteiger partial charge in [0.05, 0.1) is 0 Å². The molecular formula is C14H19ClN2O. The molecule has 2 rings (SSSR count). The van der Waals surface area contributed by atoms with Gasteiger partial charge in [0, 0.05) is 31.3 Å². The zero-order chi connectivity index (χ0) is 13.3. The minimum Gasteiger partial charge on any atom is -0.338 e. The highest BCUT2D eigenvalue weighted by Gasteiger charge is 2.36. The molecule has 1 unspecified atom stereocenters. The number of hydrogen-bond acceptors (Lipinski definition) is 2. The molecule has 1 fully saturated rings. The van der Waals surface area contributed by atoms with Gasteiger partial charge in [0.15, 0.2) is 0 Å². The maximum atomic E-state index is 12.0. The number of rotatable bonds is 2. The Balaban J connectivity index is 2.08. The number of aromatic nitrogens is 1. The SMILES string of the molecule is CC(C)(C)C1CC(=O)N(Cc2cccnc2Cl)C1. The molecule has 4 heteroatoms. The topological polar surface area (TPSA) is 33.2 Å². The van der Waals surface area contributed by atoms with Gasteiger partial charge in [-0.3, -0.25) is 4.79 Å². The highest BCUT2D eigenvalue weighted by molar-refractivity contribution is 6.30. The van der Waals surface area contributed by atoms with Crippen LogP contribution >= 0.6 is 11.6 Å². The van der Waals surface area contributed by atoms with E-state index in [0.29, 0.717) is 24.0 Å². The van der Waals surface area contributed by atoms with Gasteiger partial charge in [-0.15, -0.1) is 0 Å². The van der Waals surface area contributed by atoms with Crippen LogP contribution in [-0.4, -0.2) is 22.3 Å². The lowest BCUT2D eigenvalue weighted by Crippen LogP contribution is -2.27. The number of likely N-dealkylation sites (tertiary alicyclic amines) is 1. The summed E-state index contributed by atoms with van der Waals surface area (Å²) in [5, 5.41) is 0.490. The Morgan fingerprint density at radius 2 is 2.22 bits per heavy atom. The summed E-state index contributed by atoms with van der Waals surface area (Å²) in [7, 11) is 0. The number of nitrogens with zero attached hydrogens (tertiary/aromatic N) is 2. The first-order valence-corrected chi connectivity index (χ1v) is 6.63. The summed E-state index contributed by atoms with van der Waals surface area (Å²) < 4.78 is 0. The minimum atomic E-state index is 0.170. The Kier molecular flexibility index (Phi) is 3.62. The van der Waals surface area contributed by atoms with Crippen LogP contribution < -0.4 is 0 Å². The van der Waals surface area contributed by atoms with E-state index in [1.54, 1.807) is 6.20 Å². The summed E-state index contributed by atoms with van der Waals surface area (Å²) in [5.41, 5.74) is 1.09. The molecule has 0 spiro atoms. The van der Waals surface area contributed by atoms with Gasteiger partial charge in [-0.05, 0) is 17.4 Å². The summed E-state index contributed by atoms with van der Waals surface area (Å²) in [5.74, 6) is 0.635. The van der Waals surface area contributed by atoms with E-state index in [-0.39, 0.29) is 11.3 Å². The first-order valence-electron chi connectivity index (χ1n) is 6.25. The van der Waals surface area contributed by atoms with E-state index in [0.717, 1.165) is 12.1 Å². The maximum absolute atomic E-state index is 12.0. The Morgan fingerprint density at radius 1 is 1.50 bits per heavy atom. The third-order valence-electron chi connectivity index (χ3n) is 3.64. The fraction of sp³-hybridized carbons (Fsp3) is 0.571. The van der Waals surface area contributed by atoms with E-state index in [1.807, 2.05) is 17.0 Å². The van der Waals surface area contributed by atoms with Crippen LogP contribution in [0.25, 0.3) is 0 Å². The molecule has 18 heavy (non-hydrogen) atoms. The quantitative estimate of drug-likeness (QED) is 0.771. The van der Waals surface area contributed by atoms with E-state index in [4.69, 9.17) is 11.6 Å². The van der Waals surface area contributed by atoms with E-state index in [2.05, 4.69) is 25.8 Å². The van der Waals surface area contributed by atoms with Crippen LogP contribution in [0.2, 0.25) is 5.15 Å². The Bertz CT molecular complexity index is 453. The van der Waals surface area contributed by atoms with Crippen LogP contribution in [0.5, 0.6) is 0 Å². The smallest absolute Gasteiger partial charge is 0.223 e. The van der Waals surface area contributed by atoms with Gasteiger partial charge in [0.1, 0.15) is 5.15 Å². The fourth-order valence-corrected chi connectivity index (χ4v) is 2.43. The van der Waals surface area contributed by atoms with Gasteiger partial charge in [0.25, 0.3) is 0 Å². The predicted molar refractivity (Wildman–Crippen MR) is 72.2 cm³/mol. The first kappa shape index (κ1) is 13.3. The molecule has 1 aliphatic heterocycles. The number of pyridine rings is 1. The van der Waals surface area contributed by atoms with Crippen LogP contribution in [0.15, 0.2) is 18.3 Å². The van der Waals surface area contributed by atoms with Gasteiger partial charge in [-0.25, -0.2) is 4.98 Å². The monoisotopic (exact) mass is 266 g/mol. The normalized spacial score (nSPS) is 20.6. The molecular weight excluding hydrogens is 248 g/mol. The molecule has 0 bridgehead atoms. The molecule has 2 heterocycles. The highest BCUT2D eigenvalue weighted by atomic mass is 35.5. The molecule has 0 aromatic carbocycles. The second-order valence-electron chi connectivity index (χ2n) is 5.99. The number of hydrogen-bond donors (Lipinski definition) is 0. The van der Waals surface area contributed by atoms with E-state index in [9.17, 15) is 4.79 Å². The van der Waals surface area contributed by atoms with Crippen molar-refractivity contribution in [2.24, 2.45) is 11.3 Å². The van der Waals surface area contributed by atoms with Crippen LogP contribution in [0.3, 0.4) is 0 Å². The van der Waals surface area contributed by atoms with E-state index >= 15 is 0 Å². The Labute approximate surface area is 113 Å². The van der Waals surface area contributed by atoms with Crippen molar-refractivity contribution in [3.05, 3.63) is 29.0 Å². The van der Waals surface area contributed by atoms with Gasteiger partial charge in [-0.1, -0.05) is 38.4 Å². The molecule has 0 N–H and O–H groups in total. The Hall–Kier alpha value is -1.09. The second kappa shape index (κ2) is 4.88. The Morgan fingerprint density at radius 3 is 2.78 bits per heavy atom. The summed E-state index contributed by atoms with van der Waals surface area (Å²) >= 11 is 6.03. The average Bonchev–Trinajstić information content (AvgIpc) is 2.63. The molecule has 3 nitrogen and oxygen atoms in total. The van der Waals surface area contributed by atoms with Crippen molar-refractivity contribution < 1.29 is 4.79 Å². The molecule has 1 amide bonds. The zero-order valence-corrected chi connectivity index (χ0v) is 11.9. The van der Waals surface area contributed by atoms with Gasteiger partial charge in [-0.2, -0.15) is 0 Å². The highest BCUT2D eigenvalue weighted by Crippen LogP contribution is 2.35. The van der Waals surface area contributed by atoms with E-state index < -0.39 is 0 Å². The number of carbonyl (C=O) groups is 1. The average molecular weight is 267 g/mol. The van der Waals surface area contributed by atoms with Crippen molar-refractivity contribution >= 4 is 17.5 Å². The molecule has 0 saturated carbocycles. The predicted octanol–water partition coefficient (Wildman–Crippen LogP) is 3.13.